The smallest absolute Gasteiger partial charge is 0.246 e. The molecule has 2 aromatic rings. The molecule has 22 heavy (non-hydrogen) atoms. The molecular weight excluding hydrogens is 302 g/mol. The number of piperidine rings is 1. The van der Waals surface area contributed by atoms with Crippen molar-refractivity contribution in [3.05, 3.63) is 54.0 Å². The molecule has 0 radical (unpaired) electrons. The van der Waals surface area contributed by atoms with E-state index in [2.05, 4.69) is 6.07 Å². The molecule has 0 saturated carbocycles. The number of sulfonamides is 1. The van der Waals surface area contributed by atoms with E-state index in [9.17, 15) is 8.42 Å². The van der Waals surface area contributed by atoms with Gasteiger partial charge in [-0.25, -0.2) is 8.42 Å². The summed E-state index contributed by atoms with van der Waals surface area (Å²) in [6.45, 7) is 1.42. The predicted octanol–water partition coefficient (Wildman–Crippen LogP) is 2.49. The number of ether oxygens (including phenoxy) is 1. The Morgan fingerprint density at radius 3 is 2.86 bits per heavy atom. The van der Waals surface area contributed by atoms with E-state index < -0.39 is 15.6 Å². The summed E-state index contributed by atoms with van der Waals surface area (Å²) in [4.78, 5) is 0.204. The zero-order valence-corrected chi connectivity index (χ0v) is 12.9. The van der Waals surface area contributed by atoms with Gasteiger partial charge in [0.1, 0.15) is 16.8 Å². The van der Waals surface area contributed by atoms with Gasteiger partial charge in [-0.1, -0.05) is 24.3 Å². The van der Waals surface area contributed by atoms with Crippen LogP contribution in [0.1, 0.15) is 24.0 Å². The molecule has 2 aliphatic rings. The van der Waals surface area contributed by atoms with Crippen LogP contribution in [0.5, 0.6) is 0 Å². The summed E-state index contributed by atoms with van der Waals surface area (Å²) in [5.74, 6) is 0. The number of rotatable bonds is 2. The molecule has 1 saturated heterocycles. The lowest BCUT2D eigenvalue weighted by molar-refractivity contribution is -0.0701. The van der Waals surface area contributed by atoms with Crippen LogP contribution in [-0.2, 0) is 27.0 Å². The van der Waals surface area contributed by atoms with Crippen molar-refractivity contribution in [3.63, 3.8) is 0 Å². The Balaban J connectivity index is 1.70. The zero-order chi connectivity index (χ0) is 15.2. The third-order valence-electron chi connectivity index (χ3n) is 4.56. The fourth-order valence-electron chi connectivity index (χ4n) is 3.46. The molecule has 4 rings (SSSR count). The Hall–Kier alpha value is -1.63. The number of hydrogen-bond acceptors (Lipinski definition) is 4. The lowest BCUT2D eigenvalue weighted by Crippen LogP contribution is -2.48. The monoisotopic (exact) mass is 319 g/mol. The molecule has 1 aromatic heterocycles. The number of hydrogen-bond donors (Lipinski definition) is 0. The topological polar surface area (TPSA) is 59.8 Å². The number of nitrogens with zero attached hydrogens (tertiary/aromatic N) is 1. The summed E-state index contributed by atoms with van der Waals surface area (Å²) in [5.41, 5.74) is 1.78. The summed E-state index contributed by atoms with van der Waals surface area (Å²) in [7, 11) is -3.53. The van der Waals surface area contributed by atoms with Gasteiger partial charge in [0.25, 0.3) is 0 Å². The van der Waals surface area contributed by atoms with Gasteiger partial charge in [-0.2, -0.15) is 4.31 Å². The van der Waals surface area contributed by atoms with Crippen molar-refractivity contribution in [2.45, 2.75) is 29.9 Å². The molecule has 0 bridgehead atoms. The second-order valence-corrected chi connectivity index (χ2v) is 7.78. The van der Waals surface area contributed by atoms with Crippen LogP contribution >= 0.6 is 0 Å². The molecule has 1 aromatic carbocycles. The molecule has 0 N–H and O–H groups in total. The third-order valence-corrected chi connectivity index (χ3v) is 6.38. The van der Waals surface area contributed by atoms with Crippen LogP contribution in [0.2, 0.25) is 0 Å². The highest BCUT2D eigenvalue weighted by atomic mass is 32.2. The van der Waals surface area contributed by atoms with Crippen molar-refractivity contribution in [2.24, 2.45) is 0 Å². The normalized spacial score (nSPS) is 25.5. The molecule has 6 heteroatoms. The maximum Gasteiger partial charge on any atom is 0.246 e. The summed E-state index contributed by atoms with van der Waals surface area (Å²) < 4.78 is 37.9. The van der Waals surface area contributed by atoms with E-state index in [-0.39, 0.29) is 4.90 Å². The van der Waals surface area contributed by atoms with Crippen molar-refractivity contribution in [1.29, 1.82) is 0 Å². The SMILES string of the molecule is O=S(=O)(c1ccoc1)N1CCCC2(C1)OCc1ccccc12. The van der Waals surface area contributed by atoms with Gasteiger partial charge in [-0.05, 0) is 30.0 Å². The molecule has 0 amide bonds. The predicted molar refractivity (Wildman–Crippen MR) is 79.6 cm³/mol. The van der Waals surface area contributed by atoms with E-state index >= 15 is 0 Å². The van der Waals surface area contributed by atoms with Crippen molar-refractivity contribution in [1.82, 2.24) is 4.31 Å². The summed E-state index contributed by atoms with van der Waals surface area (Å²) >= 11 is 0. The van der Waals surface area contributed by atoms with Crippen molar-refractivity contribution in [3.8, 4) is 0 Å². The van der Waals surface area contributed by atoms with E-state index in [4.69, 9.17) is 9.15 Å². The van der Waals surface area contributed by atoms with Crippen molar-refractivity contribution < 1.29 is 17.6 Å². The van der Waals surface area contributed by atoms with Crippen LogP contribution in [0.15, 0.2) is 52.2 Å². The Morgan fingerprint density at radius 1 is 1.18 bits per heavy atom. The molecule has 2 aliphatic heterocycles. The molecular formula is C16H17NO4S. The Labute approximate surface area is 129 Å². The molecule has 5 nitrogen and oxygen atoms in total. The van der Waals surface area contributed by atoms with Gasteiger partial charge in [0.15, 0.2) is 0 Å². The van der Waals surface area contributed by atoms with Gasteiger partial charge >= 0.3 is 0 Å². The maximum atomic E-state index is 12.7. The van der Waals surface area contributed by atoms with Crippen LogP contribution in [-0.4, -0.2) is 25.8 Å². The maximum absolute atomic E-state index is 12.7. The van der Waals surface area contributed by atoms with E-state index in [0.717, 1.165) is 24.0 Å². The van der Waals surface area contributed by atoms with E-state index in [1.165, 1.54) is 22.9 Å². The minimum absolute atomic E-state index is 0.204. The molecule has 0 aliphatic carbocycles. The number of benzene rings is 1. The van der Waals surface area contributed by atoms with E-state index in [1.807, 2.05) is 18.2 Å². The summed E-state index contributed by atoms with van der Waals surface area (Å²) in [6.07, 6.45) is 4.29. The highest BCUT2D eigenvalue weighted by molar-refractivity contribution is 7.89. The minimum Gasteiger partial charge on any atom is -0.471 e. The first-order chi connectivity index (χ1) is 10.6. The second kappa shape index (κ2) is 4.94. The molecule has 1 atom stereocenters. The quantitative estimate of drug-likeness (QED) is 0.853. The molecule has 1 unspecified atom stereocenters. The average Bonchev–Trinajstić information content (AvgIpc) is 3.18. The highest BCUT2D eigenvalue weighted by Crippen LogP contribution is 2.43. The van der Waals surface area contributed by atoms with E-state index in [1.54, 1.807) is 0 Å². The Kier molecular flexibility index (Phi) is 3.14. The van der Waals surface area contributed by atoms with Gasteiger partial charge in [-0.3, -0.25) is 0 Å². The van der Waals surface area contributed by atoms with Gasteiger partial charge < -0.3 is 9.15 Å². The Morgan fingerprint density at radius 2 is 2.05 bits per heavy atom. The second-order valence-electron chi connectivity index (χ2n) is 5.84. The van der Waals surface area contributed by atoms with Crippen LogP contribution in [0, 0.1) is 0 Å². The minimum atomic E-state index is -3.53. The van der Waals surface area contributed by atoms with Crippen molar-refractivity contribution in [2.75, 3.05) is 13.1 Å². The van der Waals surface area contributed by atoms with Crippen molar-refractivity contribution >= 4 is 10.0 Å². The first kappa shape index (κ1) is 14.0. The largest absolute Gasteiger partial charge is 0.471 e. The van der Waals surface area contributed by atoms with Crippen LogP contribution in [0.4, 0.5) is 0 Å². The zero-order valence-electron chi connectivity index (χ0n) is 12.1. The van der Waals surface area contributed by atoms with Gasteiger partial charge in [0, 0.05) is 13.1 Å². The summed E-state index contributed by atoms with van der Waals surface area (Å²) in [6, 6.07) is 9.56. The van der Waals surface area contributed by atoms with Crippen LogP contribution in [0.25, 0.3) is 0 Å². The number of fused-ring (bicyclic) bond motifs is 2. The first-order valence-electron chi connectivity index (χ1n) is 7.37. The van der Waals surface area contributed by atoms with Gasteiger partial charge in [-0.15, -0.1) is 0 Å². The fourth-order valence-corrected chi connectivity index (χ4v) is 4.91. The lowest BCUT2D eigenvalue weighted by atomic mass is 9.86. The average molecular weight is 319 g/mol. The van der Waals surface area contributed by atoms with Gasteiger partial charge in [0.2, 0.25) is 10.0 Å². The molecule has 116 valence electrons. The Bertz CT molecular complexity index is 780. The van der Waals surface area contributed by atoms with Crippen LogP contribution < -0.4 is 0 Å². The molecule has 3 heterocycles. The summed E-state index contributed by atoms with van der Waals surface area (Å²) in [5, 5.41) is 0. The van der Waals surface area contributed by atoms with E-state index in [0.29, 0.717) is 19.7 Å². The molecule has 1 fully saturated rings. The third kappa shape index (κ3) is 2.02. The lowest BCUT2D eigenvalue weighted by Gasteiger charge is -2.39. The fraction of sp³-hybridized carbons (Fsp3) is 0.375. The number of furan rings is 1. The highest BCUT2D eigenvalue weighted by Gasteiger charge is 2.46. The van der Waals surface area contributed by atoms with Gasteiger partial charge in [0.05, 0.1) is 12.9 Å². The molecule has 1 spiro atoms. The van der Waals surface area contributed by atoms with Crippen LogP contribution in [0.3, 0.4) is 0 Å². The first-order valence-corrected chi connectivity index (χ1v) is 8.81. The standard InChI is InChI=1S/C16H17NO4S/c18-22(19,14-6-9-20-11-14)17-8-3-7-16(12-17)15-5-2-1-4-13(15)10-21-16/h1-2,4-6,9,11H,3,7-8,10,12H2.